The van der Waals surface area contributed by atoms with E-state index in [0.29, 0.717) is 19.0 Å². The van der Waals surface area contributed by atoms with Gasteiger partial charge in [-0.2, -0.15) is 13.2 Å². The van der Waals surface area contributed by atoms with Crippen molar-refractivity contribution in [2.24, 2.45) is 0 Å². The smallest absolute Gasteiger partial charge is 0.418 e. The zero-order valence-electron chi connectivity index (χ0n) is 16.0. The second-order valence-electron chi connectivity index (χ2n) is 7.39. The topological polar surface area (TPSA) is 76.5 Å². The molecular weight excluding hydrogens is 407 g/mol. The first-order valence-corrected chi connectivity index (χ1v) is 11.1. The minimum Gasteiger partial charge on any atom is -0.471 e. The highest BCUT2D eigenvalue weighted by Crippen LogP contribution is 2.44. The van der Waals surface area contributed by atoms with Crippen molar-refractivity contribution in [2.45, 2.75) is 55.4 Å². The quantitative estimate of drug-likeness (QED) is 0.769. The number of pyridine rings is 1. The van der Waals surface area contributed by atoms with Crippen LogP contribution in [0.4, 0.5) is 13.2 Å². The van der Waals surface area contributed by atoms with Gasteiger partial charge in [0, 0.05) is 18.0 Å². The molecule has 1 fully saturated rings. The lowest BCUT2D eigenvalue weighted by atomic mass is 9.96. The molecule has 1 N–H and O–H groups in total. The van der Waals surface area contributed by atoms with E-state index in [1.807, 2.05) is 0 Å². The van der Waals surface area contributed by atoms with Crippen LogP contribution in [0.1, 0.15) is 38.2 Å². The van der Waals surface area contributed by atoms with E-state index in [2.05, 4.69) is 4.98 Å². The largest absolute Gasteiger partial charge is 0.471 e. The van der Waals surface area contributed by atoms with Crippen LogP contribution < -0.4 is 4.74 Å². The lowest BCUT2D eigenvalue weighted by molar-refractivity contribution is -0.137. The third kappa shape index (κ3) is 4.40. The zero-order chi connectivity index (χ0) is 21.4. The molecule has 1 saturated carbocycles. The molecule has 1 aliphatic rings. The number of rotatable bonds is 5. The molecule has 1 unspecified atom stereocenters. The number of alkyl halides is 3. The Bertz CT molecular complexity index is 985. The summed E-state index contributed by atoms with van der Waals surface area (Å²) in [4.78, 5) is 3.08. The van der Waals surface area contributed by atoms with Crippen LogP contribution in [0.5, 0.6) is 5.88 Å². The van der Waals surface area contributed by atoms with Gasteiger partial charge in [0.1, 0.15) is 16.6 Å². The molecule has 5 nitrogen and oxygen atoms in total. The standard InChI is InChI=1S/C20H22F3NO4S/c1-13(19(25)10-6-7-11-19)28-18-17(29(2,26)27)16(14-8-4-3-5-9-14)15(12-24-18)20(21,22)23/h3-5,8-9,12-13,25H,6-7,10-11H2,1-2H3. The predicted molar refractivity (Wildman–Crippen MR) is 101 cm³/mol. The van der Waals surface area contributed by atoms with Gasteiger partial charge < -0.3 is 9.84 Å². The average Bonchev–Trinajstić information content (AvgIpc) is 3.08. The number of benzene rings is 1. The molecule has 1 aromatic carbocycles. The van der Waals surface area contributed by atoms with Crippen LogP contribution in [-0.4, -0.2) is 36.5 Å². The number of sulfone groups is 1. The van der Waals surface area contributed by atoms with Gasteiger partial charge in [-0.1, -0.05) is 43.2 Å². The molecule has 2 aromatic rings. The Balaban J connectivity index is 2.23. The number of hydrogen-bond acceptors (Lipinski definition) is 5. The van der Waals surface area contributed by atoms with Crippen molar-refractivity contribution in [1.29, 1.82) is 0 Å². The van der Waals surface area contributed by atoms with Gasteiger partial charge in [0.25, 0.3) is 0 Å². The molecule has 1 atom stereocenters. The molecule has 0 bridgehead atoms. The van der Waals surface area contributed by atoms with E-state index in [4.69, 9.17) is 4.74 Å². The molecular formula is C20H22F3NO4S. The van der Waals surface area contributed by atoms with Crippen molar-refractivity contribution < 1.29 is 31.4 Å². The molecule has 0 amide bonds. The monoisotopic (exact) mass is 429 g/mol. The lowest BCUT2D eigenvalue weighted by Crippen LogP contribution is -2.41. The fourth-order valence-electron chi connectivity index (χ4n) is 3.68. The molecule has 9 heteroatoms. The van der Waals surface area contributed by atoms with Crippen LogP contribution in [0, 0.1) is 0 Å². The summed E-state index contributed by atoms with van der Waals surface area (Å²) in [5.74, 6) is -0.438. The number of hydrogen-bond donors (Lipinski definition) is 1. The normalized spacial score (nSPS) is 17.9. The van der Waals surface area contributed by atoms with Gasteiger partial charge >= 0.3 is 6.18 Å². The van der Waals surface area contributed by atoms with Crippen molar-refractivity contribution in [1.82, 2.24) is 4.98 Å². The van der Waals surface area contributed by atoms with Crippen molar-refractivity contribution >= 4 is 9.84 Å². The fraction of sp³-hybridized carbons (Fsp3) is 0.450. The summed E-state index contributed by atoms with van der Waals surface area (Å²) in [6.45, 7) is 1.57. The average molecular weight is 429 g/mol. The summed E-state index contributed by atoms with van der Waals surface area (Å²) in [6, 6.07) is 7.46. The lowest BCUT2D eigenvalue weighted by Gasteiger charge is -2.30. The molecule has 1 aliphatic carbocycles. The SMILES string of the molecule is CC(Oc1ncc(C(F)(F)F)c(-c2ccccc2)c1S(C)(=O)=O)C1(O)CCCC1. The second kappa shape index (κ2) is 7.60. The zero-order valence-corrected chi connectivity index (χ0v) is 16.8. The number of aliphatic hydroxyl groups is 1. The van der Waals surface area contributed by atoms with E-state index in [9.17, 15) is 26.7 Å². The maximum Gasteiger partial charge on any atom is 0.418 e. The Morgan fingerprint density at radius 3 is 2.28 bits per heavy atom. The van der Waals surface area contributed by atoms with Gasteiger partial charge in [-0.05, 0) is 25.3 Å². The highest BCUT2D eigenvalue weighted by molar-refractivity contribution is 7.91. The summed E-state index contributed by atoms with van der Waals surface area (Å²) in [5.41, 5.74) is -2.76. The maximum atomic E-state index is 13.7. The van der Waals surface area contributed by atoms with E-state index in [1.54, 1.807) is 13.0 Å². The van der Waals surface area contributed by atoms with Crippen molar-refractivity contribution in [3.05, 3.63) is 42.1 Å². The van der Waals surface area contributed by atoms with Crippen LogP contribution >= 0.6 is 0 Å². The second-order valence-corrected chi connectivity index (χ2v) is 9.34. The van der Waals surface area contributed by atoms with E-state index < -0.39 is 49.6 Å². The van der Waals surface area contributed by atoms with Gasteiger partial charge in [0.15, 0.2) is 9.84 Å². The van der Waals surface area contributed by atoms with Crippen molar-refractivity contribution in [2.75, 3.05) is 6.26 Å². The Labute approximate surface area is 167 Å². The highest BCUT2D eigenvalue weighted by atomic mass is 32.2. The van der Waals surface area contributed by atoms with E-state index >= 15 is 0 Å². The first-order chi connectivity index (χ1) is 13.4. The summed E-state index contributed by atoms with van der Waals surface area (Å²) >= 11 is 0. The summed E-state index contributed by atoms with van der Waals surface area (Å²) in [7, 11) is -4.15. The van der Waals surface area contributed by atoms with Gasteiger partial charge in [-0.3, -0.25) is 0 Å². The van der Waals surface area contributed by atoms with Crippen LogP contribution in [0.25, 0.3) is 11.1 Å². The molecule has 1 aromatic heterocycles. The maximum absolute atomic E-state index is 13.7. The summed E-state index contributed by atoms with van der Waals surface area (Å²) in [6.07, 6.45) is -1.74. The Kier molecular flexibility index (Phi) is 5.66. The molecule has 0 radical (unpaired) electrons. The first kappa shape index (κ1) is 21.6. The summed E-state index contributed by atoms with van der Waals surface area (Å²) in [5, 5.41) is 10.7. The van der Waals surface area contributed by atoms with Crippen molar-refractivity contribution in [3.8, 4) is 17.0 Å². The predicted octanol–water partition coefficient (Wildman–Crippen LogP) is 4.24. The minimum absolute atomic E-state index is 0.0831. The Morgan fingerprint density at radius 2 is 1.76 bits per heavy atom. The van der Waals surface area contributed by atoms with Crippen LogP contribution in [0.15, 0.2) is 41.4 Å². The van der Waals surface area contributed by atoms with Gasteiger partial charge in [-0.15, -0.1) is 0 Å². The fourth-order valence-corrected chi connectivity index (χ4v) is 4.70. The third-order valence-electron chi connectivity index (χ3n) is 5.25. The number of aromatic nitrogens is 1. The van der Waals surface area contributed by atoms with E-state index in [-0.39, 0.29) is 5.56 Å². The molecule has 0 saturated heterocycles. The third-order valence-corrected chi connectivity index (χ3v) is 6.38. The molecule has 0 aliphatic heterocycles. The van der Waals surface area contributed by atoms with Crippen LogP contribution in [-0.2, 0) is 16.0 Å². The Hall–Kier alpha value is -2.13. The van der Waals surface area contributed by atoms with Crippen LogP contribution in [0.3, 0.4) is 0 Å². The van der Waals surface area contributed by atoms with Crippen LogP contribution in [0.2, 0.25) is 0 Å². The van der Waals surface area contributed by atoms with Gasteiger partial charge in [0.2, 0.25) is 5.88 Å². The highest BCUT2D eigenvalue weighted by Gasteiger charge is 2.42. The number of ether oxygens (including phenoxy) is 1. The number of nitrogens with zero attached hydrogens (tertiary/aromatic N) is 1. The molecule has 0 spiro atoms. The minimum atomic E-state index is -4.81. The van der Waals surface area contributed by atoms with Crippen molar-refractivity contribution in [3.63, 3.8) is 0 Å². The molecule has 1 heterocycles. The molecule has 29 heavy (non-hydrogen) atoms. The Morgan fingerprint density at radius 1 is 1.17 bits per heavy atom. The van der Waals surface area contributed by atoms with Gasteiger partial charge in [0.05, 0.1) is 5.56 Å². The number of halogens is 3. The van der Waals surface area contributed by atoms with Gasteiger partial charge in [-0.25, -0.2) is 13.4 Å². The van der Waals surface area contributed by atoms with E-state index in [0.717, 1.165) is 19.1 Å². The molecule has 158 valence electrons. The first-order valence-electron chi connectivity index (χ1n) is 9.18. The van der Waals surface area contributed by atoms with E-state index in [1.165, 1.54) is 24.3 Å². The summed E-state index contributed by atoms with van der Waals surface area (Å²) < 4.78 is 71.9. The molecule has 3 rings (SSSR count).